The zero-order chi connectivity index (χ0) is 12.3. The average molecular weight is 233 g/mol. The van der Waals surface area contributed by atoms with E-state index in [4.69, 9.17) is 0 Å². The lowest BCUT2D eigenvalue weighted by Crippen LogP contribution is -2.28. The van der Waals surface area contributed by atoms with Gasteiger partial charge in [0, 0.05) is 11.6 Å². The van der Waals surface area contributed by atoms with Crippen LogP contribution in [-0.2, 0) is 11.2 Å². The smallest absolute Gasteiger partial charge is 0.224 e. The van der Waals surface area contributed by atoms with Gasteiger partial charge in [0.25, 0.3) is 0 Å². The van der Waals surface area contributed by atoms with Crippen LogP contribution in [0.15, 0.2) is 24.3 Å². The highest BCUT2D eigenvalue weighted by molar-refractivity contribution is 5.79. The second-order valence-corrected chi connectivity index (χ2v) is 4.76. The van der Waals surface area contributed by atoms with Crippen LogP contribution >= 0.6 is 0 Å². The summed E-state index contributed by atoms with van der Waals surface area (Å²) < 4.78 is 0. The van der Waals surface area contributed by atoms with E-state index in [1.165, 1.54) is 12.8 Å². The maximum Gasteiger partial charge on any atom is 0.224 e. The summed E-state index contributed by atoms with van der Waals surface area (Å²) in [6, 6.07) is 7.35. The molecule has 1 amide bonds. The maximum absolute atomic E-state index is 11.7. The molecule has 2 unspecified atom stereocenters. The lowest BCUT2D eigenvalue weighted by molar-refractivity contribution is -0.120. The number of carbonyl (C=O) groups excluding carboxylic acids is 1. The Hall–Kier alpha value is -1.51. The molecule has 92 valence electrons. The fourth-order valence-electron chi connectivity index (χ4n) is 2.21. The van der Waals surface area contributed by atoms with Gasteiger partial charge in [-0.05, 0) is 24.8 Å². The Morgan fingerprint density at radius 3 is 2.94 bits per heavy atom. The fourth-order valence-corrected chi connectivity index (χ4v) is 2.21. The van der Waals surface area contributed by atoms with Crippen LogP contribution in [0.3, 0.4) is 0 Å². The molecule has 1 aromatic carbocycles. The van der Waals surface area contributed by atoms with Crippen molar-refractivity contribution >= 4 is 5.91 Å². The summed E-state index contributed by atoms with van der Waals surface area (Å²) in [6.45, 7) is 2.17. The van der Waals surface area contributed by atoms with E-state index in [1.54, 1.807) is 18.2 Å². The molecule has 2 atom stereocenters. The fraction of sp³-hybridized carbons (Fsp3) is 0.500. The van der Waals surface area contributed by atoms with E-state index in [0.29, 0.717) is 17.5 Å². The highest BCUT2D eigenvalue weighted by atomic mass is 16.3. The van der Waals surface area contributed by atoms with E-state index in [2.05, 4.69) is 12.2 Å². The van der Waals surface area contributed by atoms with Gasteiger partial charge in [0.1, 0.15) is 5.75 Å². The first kappa shape index (κ1) is 12.0. The van der Waals surface area contributed by atoms with Gasteiger partial charge >= 0.3 is 0 Å². The number of phenolic OH excluding ortho intramolecular Hbond substituents is 1. The number of rotatable bonds is 5. The predicted molar refractivity (Wildman–Crippen MR) is 66.8 cm³/mol. The van der Waals surface area contributed by atoms with Crippen LogP contribution in [0, 0.1) is 5.92 Å². The summed E-state index contributed by atoms with van der Waals surface area (Å²) in [5.41, 5.74) is 0.692. The van der Waals surface area contributed by atoms with E-state index in [0.717, 1.165) is 6.42 Å². The molecule has 3 nitrogen and oxygen atoms in total. The van der Waals surface area contributed by atoms with Crippen molar-refractivity contribution in [3.8, 4) is 5.75 Å². The molecule has 17 heavy (non-hydrogen) atoms. The van der Waals surface area contributed by atoms with Crippen molar-refractivity contribution in [1.82, 2.24) is 5.32 Å². The van der Waals surface area contributed by atoms with Crippen molar-refractivity contribution < 1.29 is 9.90 Å². The van der Waals surface area contributed by atoms with Crippen LogP contribution in [0.5, 0.6) is 5.75 Å². The zero-order valence-electron chi connectivity index (χ0n) is 10.1. The molecule has 0 spiro atoms. The zero-order valence-corrected chi connectivity index (χ0v) is 10.1. The molecule has 1 aliphatic carbocycles. The number of carbonyl (C=O) groups is 1. The molecule has 0 heterocycles. The molecule has 3 heteroatoms. The van der Waals surface area contributed by atoms with Gasteiger partial charge in [-0.1, -0.05) is 31.5 Å². The number of benzene rings is 1. The molecule has 1 saturated carbocycles. The van der Waals surface area contributed by atoms with Crippen molar-refractivity contribution in [2.45, 2.75) is 38.6 Å². The first-order valence-electron chi connectivity index (χ1n) is 6.27. The Labute approximate surface area is 102 Å². The summed E-state index contributed by atoms with van der Waals surface area (Å²) in [4.78, 5) is 11.7. The Morgan fingerprint density at radius 2 is 2.24 bits per heavy atom. The molecule has 1 aromatic rings. The van der Waals surface area contributed by atoms with Gasteiger partial charge in [-0.25, -0.2) is 0 Å². The third-order valence-corrected chi connectivity index (χ3v) is 3.27. The summed E-state index contributed by atoms with van der Waals surface area (Å²) in [5, 5.41) is 12.6. The molecular weight excluding hydrogens is 214 g/mol. The van der Waals surface area contributed by atoms with Crippen LogP contribution in [0.25, 0.3) is 0 Å². The first-order valence-corrected chi connectivity index (χ1v) is 6.27. The molecule has 0 radical (unpaired) electrons. The third kappa shape index (κ3) is 3.22. The standard InChI is InChI=1S/C14H19NO2/c1-2-5-10-8-12(10)15-14(17)9-11-6-3-4-7-13(11)16/h3-4,6-7,10,12,16H,2,5,8-9H2,1H3,(H,15,17). The number of hydrogen-bond acceptors (Lipinski definition) is 2. The van der Waals surface area contributed by atoms with Crippen LogP contribution < -0.4 is 5.32 Å². The monoisotopic (exact) mass is 233 g/mol. The third-order valence-electron chi connectivity index (χ3n) is 3.27. The number of amides is 1. The number of hydrogen-bond donors (Lipinski definition) is 2. The van der Waals surface area contributed by atoms with Crippen molar-refractivity contribution in [3.05, 3.63) is 29.8 Å². The summed E-state index contributed by atoms with van der Waals surface area (Å²) in [7, 11) is 0. The maximum atomic E-state index is 11.7. The van der Waals surface area contributed by atoms with E-state index < -0.39 is 0 Å². The second kappa shape index (κ2) is 5.21. The molecule has 0 aromatic heterocycles. The largest absolute Gasteiger partial charge is 0.508 e. The van der Waals surface area contributed by atoms with Crippen molar-refractivity contribution in [1.29, 1.82) is 0 Å². The van der Waals surface area contributed by atoms with E-state index >= 15 is 0 Å². The molecule has 1 fully saturated rings. The van der Waals surface area contributed by atoms with Gasteiger partial charge < -0.3 is 10.4 Å². The van der Waals surface area contributed by atoms with Crippen molar-refractivity contribution in [2.24, 2.45) is 5.92 Å². The quantitative estimate of drug-likeness (QED) is 0.819. The van der Waals surface area contributed by atoms with E-state index in [9.17, 15) is 9.90 Å². The van der Waals surface area contributed by atoms with Crippen molar-refractivity contribution in [2.75, 3.05) is 0 Å². The topological polar surface area (TPSA) is 49.3 Å². The Bertz CT molecular complexity index is 403. The van der Waals surface area contributed by atoms with Crippen LogP contribution in [0.1, 0.15) is 31.7 Å². The molecule has 0 bridgehead atoms. The van der Waals surface area contributed by atoms with Gasteiger partial charge in [-0.3, -0.25) is 4.79 Å². The summed E-state index contributed by atoms with van der Waals surface area (Å²) in [6.07, 6.45) is 3.75. The molecule has 2 rings (SSSR count). The Morgan fingerprint density at radius 1 is 1.47 bits per heavy atom. The second-order valence-electron chi connectivity index (χ2n) is 4.76. The molecule has 1 aliphatic rings. The molecule has 0 aliphatic heterocycles. The minimum absolute atomic E-state index is 0.00935. The number of para-hydroxylation sites is 1. The van der Waals surface area contributed by atoms with Gasteiger partial charge in [-0.15, -0.1) is 0 Å². The normalized spacial score (nSPS) is 22.2. The highest BCUT2D eigenvalue weighted by Crippen LogP contribution is 2.34. The van der Waals surface area contributed by atoms with E-state index in [-0.39, 0.29) is 18.1 Å². The minimum atomic E-state index is 0.00935. The first-order chi connectivity index (χ1) is 8.20. The van der Waals surface area contributed by atoms with E-state index in [1.807, 2.05) is 6.07 Å². The van der Waals surface area contributed by atoms with Crippen LogP contribution in [-0.4, -0.2) is 17.1 Å². The van der Waals surface area contributed by atoms with Gasteiger partial charge in [0.05, 0.1) is 6.42 Å². The highest BCUT2D eigenvalue weighted by Gasteiger charge is 2.36. The van der Waals surface area contributed by atoms with Gasteiger partial charge in [-0.2, -0.15) is 0 Å². The number of aromatic hydroxyl groups is 1. The minimum Gasteiger partial charge on any atom is -0.508 e. The molecule has 0 saturated heterocycles. The molecular formula is C14H19NO2. The predicted octanol–water partition coefficient (Wildman–Crippen LogP) is 2.24. The van der Waals surface area contributed by atoms with Gasteiger partial charge in [0.15, 0.2) is 0 Å². The van der Waals surface area contributed by atoms with Crippen LogP contribution in [0.4, 0.5) is 0 Å². The summed E-state index contributed by atoms with van der Waals surface area (Å²) in [5.74, 6) is 0.881. The van der Waals surface area contributed by atoms with Crippen LogP contribution in [0.2, 0.25) is 0 Å². The lowest BCUT2D eigenvalue weighted by Gasteiger charge is -2.06. The number of nitrogens with one attached hydrogen (secondary N) is 1. The summed E-state index contributed by atoms with van der Waals surface area (Å²) >= 11 is 0. The Kier molecular flexibility index (Phi) is 3.67. The SMILES string of the molecule is CCCC1CC1NC(=O)Cc1ccccc1O. The molecule has 2 N–H and O–H groups in total. The Balaban J connectivity index is 1.81. The van der Waals surface area contributed by atoms with Gasteiger partial charge in [0.2, 0.25) is 5.91 Å². The number of phenols is 1. The average Bonchev–Trinajstić information content (AvgIpc) is 3.00. The lowest BCUT2D eigenvalue weighted by atomic mass is 10.1. The van der Waals surface area contributed by atoms with Crippen molar-refractivity contribution in [3.63, 3.8) is 0 Å².